The fourth-order valence-electron chi connectivity index (χ4n) is 2.07. The SMILES string of the molecule is CC(=O)Nc1ccc(S(=O)(=O)CCC(=O)Nc2ccccc2F)cc1. The molecule has 0 aliphatic rings. The van der Waals surface area contributed by atoms with Crippen LogP contribution in [-0.2, 0) is 19.4 Å². The Morgan fingerprint density at radius 3 is 2.24 bits per heavy atom. The third-order valence-electron chi connectivity index (χ3n) is 3.28. The van der Waals surface area contributed by atoms with E-state index in [-0.39, 0.29) is 22.9 Å². The van der Waals surface area contributed by atoms with E-state index in [0.717, 1.165) is 0 Å². The van der Waals surface area contributed by atoms with Gasteiger partial charge in [0.1, 0.15) is 5.82 Å². The number of carbonyl (C=O) groups excluding carboxylic acids is 2. The van der Waals surface area contributed by atoms with Crippen LogP contribution >= 0.6 is 0 Å². The van der Waals surface area contributed by atoms with Crippen molar-refractivity contribution >= 4 is 33.0 Å². The Balaban J connectivity index is 1.98. The van der Waals surface area contributed by atoms with Gasteiger partial charge in [0.15, 0.2) is 9.84 Å². The molecule has 0 saturated heterocycles. The Kier molecular flexibility index (Phi) is 5.87. The molecule has 0 radical (unpaired) electrons. The van der Waals surface area contributed by atoms with E-state index in [4.69, 9.17) is 0 Å². The molecule has 2 amide bonds. The van der Waals surface area contributed by atoms with Crippen LogP contribution in [-0.4, -0.2) is 26.0 Å². The maximum Gasteiger partial charge on any atom is 0.225 e. The van der Waals surface area contributed by atoms with Crippen LogP contribution in [0.5, 0.6) is 0 Å². The van der Waals surface area contributed by atoms with E-state index in [1.54, 1.807) is 6.07 Å². The molecule has 0 unspecified atom stereocenters. The van der Waals surface area contributed by atoms with Crippen molar-refractivity contribution in [2.24, 2.45) is 0 Å². The molecular weight excluding hydrogens is 347 g/mol. The summed E-state index contributed by atoms with van der Waals surface area (Å²) in [6.45, 7) is 1.35. The second-order valence-corrected chi connectivity index (χ2v) is 7.41. The first kappa shape index (κ1) is 18.6. The van der Waals surface area contributed by atoms with Crippen molar-refractivity contribution in [1.29, 1.82) is 0 Å². The van der Waals surface area contributed by atoms with Crippen LogP contribution in [0.4, 0.5) is 15.8 Å². The molecule has 2 N–H and O–H groups in total. The minimum absolute atomic E-state index is 0.00422. The summed E-state index contributed by atoms with van der Waals surface area (Å²) in [5.41, 5.74) is 0.480. The maximum absolute atomic E-state index is 13.5. The average Bonchev–Trinajstić information content (AvgIpc) is 2.55. The lowest BCUT2D eigenvalue weighted by Gasteiger charge is -2.08. The number of sulfone groups is 1. The quantitative estimate of drug-likeness (QED) is 0.824. The lowest BCUT2D eigenvalue weighted by atomic mass is 10.3. The number of hydrogen-bond donors (Lipinski definition) is 2. The summed E-state index contributed by atoms with van der Waals surface area (Å²) >= 11 is 0. The number of amides is 2. The lowest BCUT2D eigenvalue weighted by Crippen LogP contribution is -2.18. The summed E-state index contributed by atoms with van der Waals surface area (Å²) in [5.74, 6) is -1.86. The predicted molar refractivity (Wildman–Crippen MR) is 92.4 cm³/mol. The van der Waals surface area contributed by atoms with Crippen LogP contribution in [0.1, 0.15) is 13.3 Å². The van der Waals surface area contributed by atoms with Gasteiger partial charge in [0.25, 0.3) is 0 Å². The average molecular weight is 364 g/mol. The summed E-state index contributed by atoms with van der Waals surface area (Å²) in [6.07, 6.45) is -0.301. The van der Waals surface area contributed by atoms with Crippen LogP contribution in [0.25, 0.3) is 0 Å². The number of carbonyl (C=O) groups is 2. The summed E-state index contributed by atoms with van der Waals surface area (Å²) < 4.78 is 38.0. The highest BCUT2D eigenvalue weighted by Crippen LogP contribution is 2.17. The van der Waals surface area contributed by atoms with Crippen molar-refractivity contribution in [3.05, 3.63) is 54.3 Å². The monoisotopic (exact) mass is 364 g/mol. The molecule has 8 heteroatoms. The molecule has 0 atom stereocenters. The fourth-order valence-corrected chi connectivity index (χ4v) is 3.31. The zero-order chi connectivity index (χ0) is 18.4. The van der Waals surface area contributed by atoms with Crippen LogP contribution in [0.3, 0.4) is 0 Å². The molecule has 0 bridgehead atoms. The third kappa shape index (κ3) is 5.39. The fraction of sp³-hybridized carbons (Fsp3) is 0.176. The van der Waals surface area contributed by atoms with E-state index in [1.807, 2.05) is 0 Å². The van der Waals surface area contributed by atoms with Gasteiger partial charge >= 0.3 is 0 Å². The Hall–Kier alpha value is -2.74. The zero-order valence-electron chi connectivity index (χ0n) is 13.5. The van der Waals surface area contributed by atoms with Crippen LogP contribution in [0, 0.1) is 5.82 Å². The van der Waals surface area contributed by atoms with Gasteiger partial charge in [0.2, 0.25) is 11.8 Å². The zero-order valence-corrected chi connectivity index (χ0v) is 14.3. The summed E-state index contributed by atoms with van der Waals surface area (Å²) in [7, 11) is -3.67. The van der Waals surface area contributed by atoms with Gasteiger partial charge in [-0.3, -0.25) is 9.59 Å². The van der Waals surface area contributed by atoms with Gasteiger partial charge < -0.3 is 10.6 Å². The second kappa shape index (κ2) is 7.89. The van der Waals surface area contributed by atoms with E-state index in [2.05, 4.69) is 10.6 Å². The maximum atomic E-state index is 13.5. The van der Waals surface area contributed by atoms with Crippen molar-refractivity contribution in [1.82, 2.24) is 0 Å². The summed E-state index contributed by atoms with van der Waals surface area (Å²) in [4.78, 5) is 22.8. The standard InChI is InChI=1S/C17H17FN2O4S/c1-12(21)19-13-6-8-14(9-7-13)25(23,24)11-10-17(22)20-16-5-3-2-4-15(16)18/h2-9H,10-11H2,1H3,(H,19,21)(H,20,22). The predicted octanol–water partition coefficient (Wildman–Crippen LogP) is 2.59. The number of benzene rings is 2. The van der Waals surface area contributed by atoms with E-state index >= 15 is 0 Å². The second-order valence-electron chi connectivity index (χ2n) is 5.30. The topological polar surface area (TPSA) is 92.3 Å². The molecule has 2 aromatic rings. The molecule has 0 aromatic heterocycles. The Bertz CT molecular complexity index is 880. The van der Waals surface area contributed by atoms with E-state index in [0.29, 0.717) is 5.69 Å². The third-order valence-corrected chi connectivity index (χ3v) is 5.01. The largest absolute Gasteiger partial charge is 0.326 e. The van der Waals surface area contributed by atoms with Crippen LogP contribution in [0.15, 0.2) is 53.4 Å². The Labute approximate surface area is 145 Å². The van der Waals surface area contributed by atoms with Gasteiger partial charge in [0.05, 0.1) is 16.3 Å². The molecule has 2 rings (SSSR count). The van der Waals surface area contributed by atoms with Gasteiger partial charge in [-0.25, -0.2) is 12.8 Å². The Morgan fingerprint density at radius 1 is 1.00 bits per heavy atom. The van der Waals surface area contributed by atoms with Crippen molar-refractivity contribution in [2.45, 2.75) is 18.2 Å². The van der Waals surface area contributed by atoms with E-state index < -0.39 is 27.3 Å². The first-order valence-corrected chi connectivity index (χ1v) is 9.08. The molecule has 132 valence electrons. The van der Waals surface area contributed by atoms with Crippen LogP contribution < -0.4 is 10.6 Å². The molecule has 0 aliphatic heterocycles. The van der Waals surface area contributed by atoms with Crippen LogP contribution in [0.2, 0.25) is 0 Å². The number of anilines is 2. The highest BCUT2D eigenvalue weighted by Gasteiger charge is 2.17. The molecular formula is C17H17FN2O4S. The smallest absolute Gasteiger partial charge is 0.225 e. The minimum atomic E-state index is -3.67. The molecule has 2 aromatic carbocycles. The molecule has 0 heterocycles. The number of para-hydroxylation sites is 1. The van der Waals surface area contributed by atoms with E-state index in [9.17, 15) is 22.4 Å². The molecule has 25 heavy (non-hydrogen) atoms. The van der Waals surface area contributed by atoms with Gasteiger partial charge in [0, 0.05) is 19.0 Å². The highest BCUT2D eigenvalue weighted by atomic mass is 32.2. The number of halogens is 1. The minimum Gasteiger partial charge on any atom is -0.326 e. The normalized spacial score (nSPS) is 11.0. The van der Waals surface area contributed by atoms with Crippen molar-refractivity contribution in [2.75, 3.05) is 16.4 Å². The highest BCUT2D eigenvalue weighted by molar-refractivity contribution is 7.91. The van der Waals surface area contributed by atoms with Crippen molar-refractivity contribution in [3.63, 3.8) is 0 Å². The number of hydrogen-bond acceptors (Lipinski definition) is 4. The lowest BCUT2D eigenvalue weighted by molar-refractivity contribution is -0.116. The number of rotatable bonds is 6. The summed E-state index contributed by atoms with van der Waals surface area (Å²) in [5, 5.41) is 4.87. The van der Waals surface area contributed by atoms with Gasteiger partial charge in [-0.2, -0.15) is 0 Å². The van der Waals surface area contributed by atoms with Crippen molar-refractivity contribution < 1.29 is 22.4 Å². The molecule has 0 fully saturated rings. The Morgan fingerprint density at radius 2 is 1.64 bits per heavy atom. The first-order valence-electron chi connectivity index (χ1n) is 7.43. The van der Waals surface area contributed by atoms with Gasteiger partial charge in [-0.1, -0.05) is 12.1 Å². The van der Waals surface area contributed by atoms with E-state index in [1.165, 1.54) is 49.4 Å². The molecule has 6 nitrogen and oxygen atoms in total. The van der Waals surface area contributed by atoms with Gasteiger partial charge in [-0.05, 0) is 36.4 Å². The first-order chi connectivity index (χ1) is 11.8. The molecule has 0 saturated carbocycles. The van der Waals surface area contributed by atoms with Gasteiger partial charge in [-0.15, -0.1) is 0 Å². The number of nitrogens with one attached hydrogen (secondary N) is 2. The summed E-state index contributed by atoms with van der Waals surface area (Å²) in [6, 6.07) is 11.3. The van der Waals surface area contributed by atoms with Crippen molar-refractivity contribution in [3.8, 4) is 0 Å². The molecule has 0 aliphatic carbocycles. The molecule has 0 spiro atoms.